The Kier molecular flexibility index (Phi) is 2.86. The predicted octanol–water partition coefficient (Wildman–Crippen LogP) is 2.40. The molecule has 1 fully saturated rings. The first kappa shape index (κ1) is 14.6. The van der Waals surface area contributed by atoms with Crippen molar-refractivity contribution in [1.29, 1.82) is 0 Å². The number of ether oxygens (including phenoxy) is 1. The lowest BCUT2D eigenvalue weighted by Gasteiger charge is -2.50. The van der Waals surface area contributed by atoms with Crippen molar-refractivity contribution in [3.63, 3.8) is 0 Å². The zero-order valence-electron chi connectivity index (χ0n) is 13.5. The first-order valence-electron chi connectivity index (χ1n) is 7.29. The second-order valence-corrected chi connectivity index (χ2v) is 7.71. The molecule has 2 atom stereocenters. The molecule has 21 heavy (non-hydrogen) atoms. The lowest BCUT2D eigenvalue weighted by Crippen LogP contribution is -2.59. The standard InChI is InChI=1S/C16H23NO4/c1-14(2,3)16-12(19-9-15(16,4)5)10-7-8-17(6)13(18)11(10)20-21-16/h7-8,11H,9H2,1-6H3/t11-,16-/m1/s1. The fourth-order valence-electron chi connectivity index (χ4n) is 3.76. The SMILES string of the molecule is CN1C=CC2=C3OCC(C)(C)[C@@]3(C(C)(C)C)OO[C@H]2C1=O. The topological polar surface area (TPSA) is 48.0 Å². The fourth-order valence-corrected chi connectivity index (χ4v) is 3.76. The van der Waals surface area contributed by atoms with Crippen molar-refractivity contribution in [3.8, 4) is 0 Å². The molecule has 5 heteroatoms. The van der Waals surface area contributed by atoms with Crippen LogP contribution < -0.4 is 0 Å². The average molecular weight is 293 g/mol. The van der Waals surface area contributed by atoms with Gasteiger partial charge in [-0.15, -0.1) is 0 Å². The van der Waals surface area contributed by atoms with Crippen LogP contribution in [-0.4, -0.2) is 36.2 Å². The maximum atomic E-state index is 12.2. The van der Waals surface area contributed by atoms with E-state index in [1.54, 1.807) is 13.2 Å². The van der Waals surface area contributed by atoms with Gasteiger partial charge in [0, 0.05) is 29.7 Å². The first-order chi connectivity index (χ1) is 9.62. The molecular weight excluding hydrogens is 270 g/mol. The van der Waals surface area contributed by atoms with E-state index in [1.165, 1.54) is 4.90 Å². The highest BCUT2D eigenvalue weighted by Crippen LogP contribution is 2.59. The summed E-state index contributed by atoms with van der Waals surface area (Å²) >= 11 is 0. The normalized spacial score (nSPS) is 34.7. The second-order valence-electron chi connectivity index (χ2n) is 7.71. The summed E-state index contributed by atoms with van der Waals surface area (Å²) in [7, 11) is 1.70. The number of amides is 1. The summed E-state index contributed by atoms with van der Waals surface area (Å²) in [6.45, 7) is 11.1. The van der Waals surface area contributed by atoms with E-state index >= 15 is 0 Å². The highest BCUT2D eigenvalue weighted by Gasteiger charge is 2.67. The van der Waals surface area contributed by atoms with Crippen molar-refractivity contribution in [3.05, 3.63) is 23.6 Å². The Balaban J connectivity index is 2.23. The summed E-state index contributed by atoms with van der Waals surface area (Å²) in [6.07, 6.45) is 2.91. The van der Waals surface area contributed by atoms with Gasteiger partial charge in [-0.25, -0.2) is 9.78 Å². The lowest BCUT2D eigenvalue weighted by molar-refractivity contribution is -0.408. The molecule has 0 aromatic carbocycles. The molecule has 3 heterocycles. The monoisotopic (exact) mass is 293 g/mol. The zero-order chi connectivity index (χ0) is 15.6. The molecular formula is C16H23NO4. The minimum atomic E-state index is -0.737. The number of fused-ring (bicyclic) bond motifs is 2. The first-order valence-corrected chi connectivity index (χ1v) is 7.29. The van der Waals surface area contributed by atoms with Gasteiger partial charge in [0.15, 0.2) is 11.7 Å². The quantitative estimate of drug-likeness (QED) is 0.643. The Morgan fingerprint density at radius 1 is 1.33 bits per heavy atom. The van der Waals surface area contributed by atoms with Crippen molar-refractivity contribution in [2.75, 3.05) is 13.7 Å². The summed E-state index contributed by atoms with van der Waals surface area (Å²) < 4.78 is 6.01. The van der Waals surface area contributed by atoms with Crippen molar-refractivity contribution >= 4 is 5.91 Å². The molecule has 3 aliphatic heterocycles. The van der Waals surface area contributed by atoms with Crippen molar-refractivity contribution in [2.24, 2.45) is 10.8 Å². The maximum Gasteiger partial charge on any atom is 0.263 e. The van der Waals surface area contributed by atoms with E-state index < -0.39 is 11.7 Å². The molecule has 0 N–H and O–H groups in total. The van der Waals surface area contributed by atoms with E-state index in [-0.39, 0.29) is 16.7 Å². The fraction of sp³-hybridized carbons (Fsp3) is 0.688. The Hall–Kier alpha value is -1.33. The number of carbonyl (C=O) groups excluding carboxylic acids is 1. The molecule has 0 radical (unpaired) electrons. The molecule has 116 valence electrons. The van der Waals surface area contributed by atoms with Gasteiger partial charge in [0.2, 0.25) is 0 Å². The molecule has 0 spiro atoms. The van der Waals surface area contributed by atoms with Crippen molar-refractivity contribution in [2.45, 2.75) is 46.3 Å². The molecule has 0 unspecified atom stereocenters. The summed E-state index contributed by atoms with van der Waals surface area (Å²) in [5.74, 6) is 0.602. The number of hydrogen-bond donors (Lipinski definition) is 0. The van der Waals surface area contributed by atoms with Crippen molar-refractivity contribution in [1.82, 2.24) is 4.90 Å². The van der Waals surface area contributed by atoms with Gasteiger partial charge in [-0.2, -0.15) is 0 Å². The van der Waals surface area contributed by atoms with Crippen LogP contribution in [-0.2, 0) is 19.3 Å². The Morgan fingerprint density at radius 2 is 2.00 bits per heavy atom. The average Bonchev–Trinajstić information content (AvgIpc) is 2.66. The highest BCUT2D eigenvalue weighted by molar-refractivity contribution is 5.87. The summed E-state index contributed by atoms with van der Waals surface area (Å²) in [5, 5.41) is 0. The van der Waals surface area contributed by atoms with Crippen LogP contribution in [0.2, 0.25) is 0 Å². The molecule has 0 aromatic heterocycles. The molecule has 1 saturated heterocycles. The van der Waals surface area contributed by atoms with Gasteiger partial charge in [-0.3, -0.25) is 4.79 Å². The van der Waals surface area contributed by atoms with E-state index in [9.17, 15) is 4.79 Å². The highest BCUT2D eigenvalue weighted by atomic mass is 17.2. The number of carbonyl (C=O) groups is 1. The predicted molar refractivity (Wildman–Crippen MR) is 76.8 cm³/mol. The van der Waals surface area contributed by atoms with Gasteiger partial charge in [0.1, 0.15) is 5.76 Å². The third-order valence-corrected chi connectivity index (χ3v) is 4.77. The summed E-state index contributed by atoms with van der Waals surface area (Å²) in [4.78, 5) is 25.2. The zero-order valence-corrected chi connectivity index (χ0v) is 13.5. The third kappa shape index (κ3) is 1.67. The van der Waals surface area contributed by atoms with Gasteiger partial charge in [0.05, 0.1) is 6.61 Å². The summed E-state index contributed by atoms with van der Waals surface area (Å²) in [5.41, 5.74) is -0.407. The van der Waals surface area contributed by atoms with E-state index in [0.29, 0.717) is 6.61 Å². The molecule has 0 aromatic rings. The van der Waals surface area contributed by atoms with Crippen LogP contribution in [0.3, 0.4) is 0 Å². The van der Waals surface area contributed by atoms with Crippen LogP contribution in [0.25, 0.3) is 0 Å². The van der Waals surface area contributed by atoms with Crippen LogP contribution in [0, 0.1) is 10.8 Å². The van der Waals surface area contributed by atoms with E-state index in [4.69, 9.17) is 14.5 Å². The second kappa shape index (κ2) is 4.11. The van der Waals surface area contributed by atoms with Gasteiger partial charge in [-0.05, 0) is 6.08 Å². The minimum absolute atomic E-state index is 0.143. The largest absolute Gasteiger partial charge is 0.494 e. The maximum absolute atomic E-state index is 12.2. The van der Waals surface area contributed by atoms with Crippen molar-refractivity contribution < 1.29 is 19.3 Å². The minimum Gasteiger partial charge on any atom is -0.494 e. The molecule has 3 rings (SSSR count). The van der Waals surface area contributed by atoms with E-state index in [1.807, 2.05) is 6.08 Å². The molecule has 5 nitrogen and oxygen atoms in total. The van der Waals surface area contributed by atoms with Crippen LogP contribution >= 0.6 is 0 Å². The molecule has 0 aliphatic carbocycles. The number of rotatable bonds is 0. The van der Waals surface area contributed by atoms with Crippen LogP contribution in [0.1, 0.15) is 34.6 Å². The summed E-state index contributed by atoms with van der Waals surface area (Å²) in [6, 6.07) is 0. The van der Waals surface area contributed by atoms with Crippen LogP contribution in [0.4, 0.5) is 0 Å². The molecule has 3 aliphatic rings. The van der Waals surface area contributed by atoms with Gasteiger partial charge >= 0.3 is 0 Å². The molecule has 0 bridgehead atoms. The molecule has 0 saturated carbocycles. The number of nitrogens with zero attached hydrogens (tertiary/aromatic N) is 1. The van der Waals surface area contributed by atoms with Gasteiger partial charge in [-0.1, -0.05) is 34.6 Å². The van der Waals surface area contributed by atoms with E-state index in [2.05, 4.69) is 34.6 Å². The molecule has 1 amide bonds. The Morgan fingerprint density at radius 3 is 2.62 bits per heavy atom. The van der Waals surface area contributed by atoms with Crippen LogP contribution in [0.5, 0.6) is 0 Å². The lowest BCUT2D eigenvalue weighted by atomic mass is 9.61. The van der Waals surface area contributed by atoms with Gasteiger partial charge < -0.3 is 9.64 Å². The third-order valence-electron chi connectivity index (χ3n) is 4.77. The Labute approximate surface area is 125 Å². The number of likely N-dealkylation sites (N-methyl/N-ethyl adjacent to an activating group) is 1. The smallest absolute Gasteiger partial charge is 0.263 e. The van der Waals surface area contributed by atoms with E-state index in [0.717, 1.165) is 11.3 Å². The van der Waals surface area contributed by atoms with Crippen LogP contribution in [0.15, 0.2) is 23.6 Å². The number of hydrogen-bond acceptors (Lipinski definition) is 4. The van der Waals surface area contributed by atoms with Gasteiger partial charge in [0.25, 0.3) is 5.91 Å². The Bertz CT molecular complexity index is 555.